The van der Waals surface area contributed by atoms with Crippen LogP contribution in [0.15, 0.2) is 12.7 Å². The molecule has 1 atom stereocenters. The van der Waals surface area contributed by atoms with E-state index in [-0.39, 0.29) is 5.97 Å². The van der Waals surface area contributed by atoms with Gasteiger partial charge < -0.3 is 9.63 Å². The van der Waals surface area contributed by atoms with Gasteiger partial charge in [-0.1, -0.05) is 123 Å². The van der Waals surface area contributed by atoms with Crippen molar-refractivity contribution in [1.82, 2.24) is 0 Å². The number of carbonyl (C=O) groups is 1. The van der Waals surface area contributed by atoms with Crippen LogP contribution in [0.5, 0.6) is 0 Å². The van der Waals surface area contributed by atoms with E-state index in [1.807, 2.05) is 0 Å². The van der Waals surface area contributed by atoms with Crippen molar-refractivity contribution in [2.24, 2.45) is 0 Å². The van der Waals surface area contributed by atoms with Crippen molar-refractivity contribution in [2.75, 3.05) is 18.9 Å². The van der Waals surface area contributed by atoms with Crippen LogP contribution in [0.25, 0.3) is 0 Å². The first-order valence-electron chi connectivity index (χ1n) is 13.6. The Morgan fingerprint density at radius 1 is 0.688 bits per heavy atom. The predicted molar refractivity (Wildman–Crippen MR) is 139 cm³/mol. The molecule has 0 bridgehead atoms. The summed E-state index contributed by atoms with van der Waals surface area (Å²) >= 11 is 0. The van der Waals surface area contributed by atoms with E-state index in [2.05, 4.69) is 13.5 Å². The van der Waals surface area contributed by atoms with Crippen molar-refractivity contribution in [3.63, 3.8) is 0 Å². The first-order chi connectivity index (χ1) is 15.5. The van der Waals surface area contributed by atoms with E-state index >= 15 is 0 Å². The summed E-state index contributed by atoms with van der Waals surface area (Å²) < 4.78 is 17.2. The summed E-state index contributed by atoms with van der Waals surface area (Å²) in [6, 6.07) is 0. The predicted octanol–water partition coefficient (Wildman–Crippen LogP) is 8.81. The van der Waals surface area contributed by atoms with Crippen LogP contribution >= 0.6 is 7.37 Å². The first-order valence-corrected chi connectivity index (χ1v) is 15.6. The maximum Gasteiger partial charge on any atom is 0.330 e. The minimum absolute atomic E-state index is 0.359. The monoisotopic (exact) mass is 472 g/mol. The molecule has 5 heteroatoms. The molecule has 0 saturated heterocycles. The molecule has 1 N–H and O–H groups in total. The lowest BCUT2D eigenvalue weighted by atomic mass is 10.0. The second-order valence-corrected chi connectivity index (χ2v) is 12.0. The second-order valence-electron chi connectivity index (χ2n) is 9.38. The Morgan fingerprint density at radius 2 is 1.03 bits per heavy atom. The van der Waals surface area contributed by atoms with Gasteiger partial charge in [0.05, 0.1) is 6.61 Å². The Labute approximate surface area is 199 Å². The van der Waals surface area contributed by atoms with E-state index in [1.54, 1.807) is 0 Å². The Morgan fingerprint density at radius 3 is 1.41 bits per heavy atom. The number of ether oxygens (including phenoxy) is 1. The van der Waals surface area contributed by atoms with Gasteiger partial charge >= 0.3 is 5.97 Å². The van der Waals surface area contributed by atoms with Crippen molar-refractivity contribution >= 4 is 13.3 Å². The van der Waals surface area contributed by atoms with E-state index in [0.717, 1.165) is 51.4 Å². The van der Waals surface area contributed by atoms with Gasteiger partial charge in [-0.25, -0.2) is 4.79 Å². The topological polar surface area (TPSA) is 63.6 Å². The Hall–Kier alpha value is -0.600. The summed E-state index contributed by atoms with van der Waals surface area (Å²) in [4.78, 5) is 21.1. The SMILES string of the molecule is C=CC(=O)OCCCCCCCCP(=O)(O)CCCCCCCCCCCCCCCC. The molecule has 0 aromatic carbocycles. The Bertz CT molecular complexity index is 478. The van der Waals surface area contributed by atoms with Crippen LogP contribution in [0.4, 0.5) is 0 Å². The molecular formula is C27H53O4P. The van der Waals surface area contributed by atoms with Crippen molar-refractivity contribution in [3.05, 3.63) is 12.7 Å². The molecule has 0 radical (unpaired) electrons. The lowest BCUT2D eigenvalue weighted by Crippen LogP contribution is -2.01. The van der Waals surface area contributed by atoms with Gasteiger partial charge in [0.1, 0.15) is 0 Å². The third-order valence-corrected chi connectivity index (χ3v) is 8.20. The largest absolute Gasteiger partial charge is 0.463 e. The summed E-state index contributed by atoms with van der Waals surface area (Å²) in [5.41, 5.74) is 0. The summed E-state index contributed by atoms with van der Waals surface area (Å²) in [5, 5.41) is 0. The van der Waals surface area contributed by atoms with Crippen LogP contribution in [-0.4, -0.2) is 29.8 Å². The number of hydrogen-bond acceptors (Lipinski definition) is 3. The van der Waals surface area contributed by atoms with Gasteiger partial charge in [0.15, 0.2) is 0 Å². The Kier molecular flexibility index (Phi) is 23.1. The first kappa shape index (κ1) is 31.4. The highest BCUT2D eigenvalue weighted by Crippen LogP contribution is 2.42. The molecule has 0 aromatic rings. The average molecular weight is 473 g/mol. The van der Waals surface area contributed by atoms with Gasteiger partial charge in [-0.15, -0.1) is 0 Å². The molecule has 0 aromatic heterocycles. The van der Waals surface area contributed by atoms with Crippen molar-refractivity contribution < 1.29 is 19.0 Å². The van der Waals surface area contributed by atoms with Crippen LogP contribution in [-0.2, 0) is 14.1 Å². The fourth-order valence-electron chi connectivity index (χ4n) is 4.06. The van der Waals surface area contributed by atoms with Gasteiger partial charge in [-0.05, 0) is 19.3 Å². The zero-order valence-corrected chi connectivity index (χ0v) is 22.1. The second kappa shape index (κ2) is 23.6. The van der Waals surface area contributed by atoms with E-state index in [9.17, 15) is 14.3 Å². The molecule has 0 aliphatic carbocycles. The third-order valence-electron chi connectivity index (χ3n) is 6.17. The van der Waals surface area contributed by atoms with Crippen LogP contribution in [0.3, 0.4) is 0 Å². The molecule has 32 heavy (non-hydrogen) atoms. The van der Waals surface area contributed by atoms with Crippen LogP contribution in [0, 0.1) is 0 Å². The van der Waals surface area contributed by atoms with Gasteiger partial charge in [0.2, 0.25) is 7.37 Å². The lowest BCUT2D eigenvalue weighted by Gasteiger charge is -2.11. The van der Waals surface area contributed by atoms with Crippen molar-refractivity contribution in [1.29, 1.82) is 0 Å². The molecule has 1 unspecified atom stereocenters. The van der Waals surface area contributed by atoms with Crippen molar-refractivity contribution in [3.8, 4) is 0 Å². The summed E-state index contributed by atoms with van der Waals surface area (Å²) in [6.45, 7) is 6.09. The highest BCUT2D eigenvalue weighted by molar-refractivity contribution is 7.57. The normalized spacial score (nSPS) is 13.1. The number of rotatable bonds is 25. The quantitative estimate of drug-likeness (QED) is 0.0624. The molecule has 0 aliphatic heterocycles. The van der Waals surface area contributed by atoms with Crippen LogP contribution in [0.1, 0.15) is 135 Å². The van der Waals surface area contributed by atoms with Gasteiger partial charge in [-0.2, -0.15) is 0 Å². The highest BCUT2D eigenvalue weighted by Gasteiger charge is 2.16. The summed E-state index contributed by atoms with van der Waals surface area (Å²) in [7, 11) is -2.92. The van der Waals surface area contributed by atoms with E-state index in [4.69, 9.17) is 4.74 Å². The van der Waals surface area contributed by atoms with E-state index in [0.29, 0.717) is 18.9 Å². The average Bonchev–Trinajstić information content (AvgIpc) is 2.77. The molecule has 0 heterocycles. The molecule has 190 valence electrons. The molecule has 0 amide bonds. The lowest BCUT2D eigenvalue weighted by molar-refractivity contribution is -0.137. The zero-order valence-electron chi connectivity index (χ0n) is 21.2. The molecular weight excluding hydrogens is 419 g/mol. The maximum atomic E-state index is 12.3. The molecule has 0 fully saturated rings. The molecule has 0 rings (SSSR count). The van der Waals surface area contributed by atoms with Gasteiger partial charge in [0.25, 0.3) is 0 Å². The third kappa shape index (κ3) is 24.1. The summed E-state index contributed by atoms with van der Waals surface area (Å²) in [6.07, 6.45) is 26.4. The maximum absolute atomic E-state index is 12.3. The minimum Gasteiger partial charge on any atom is -0.463 e. The standard InChI is InChI=1S/C27H53O4P/c1-3-5-6-7-8-9-10-11-12-13-14-16-19-22-25-32(29,30)26-23-20-17-15-18-21-24-31-27(28)4-2/h4H,2-3,5-26H2,1H3,(H,29,30). The molecule has 0 aliphatic rings. The minimum atomic E-state index is -2.92. The number of hydrogen-bond donors (Lipinski definition) is 1. The molecule has 0 saturated carbocycles. The molecule has 0 spiro atoms. The van der Waals surface area contributed by atoms with Crippen LogP contribution < -0.4 is 0 Å². The number of esters is 1. The Balaban J connectivity index is 3.34. The number of carbonyl (C=O) groups excluding carboxylic acids is 1. The van der Waals surface area contributed by atoms with Crippen LogP contribution in [0.2, 0.25) is 0 Å². The molecule has 4 nitrogen and oxygen atoms in total. The fourth-order valence-corrected chi connectivity index (χ4v) is 5.72. The smallest absolute Gasteiger partial charge is 0.330 e. The van der Waals surface area contributed by atoms with Crippen molar-refractivity contribution in [2.45, 2.75) is 135 Å². The van der Waals surface area contributed by atoms with Gasteiger partial charge in [0, 0.05) is 18.4 Å². The highest BCUT2D eigenvalue weighted by atomic mass is 31.2. The van der Waals surface area contributed by atoms with E-state index < -0.39 is 7.37 Å². The van der Waals surface area contributed by atoms with Gasteiger partial charge in [-0.3, -0.25) is 4.57 Å². The summed E-state index contributed by atoms with van der Waals surface area (Å²) in [5.74, 6) is -0.359. The number of unbranched alkanes of at least 4 members (excludes halogenated alkanes) is 18. The zero-order chi connectivity index (χ0) is 23.8. The van der Waals surface area contributed by atoms with E-state index in [1.165, 1.54) is 83.1 Å². The fraction of sp³-hybridized carbons (Fsp3) is 0.889.